The fraction of sp³-hybridized carbons (Fsp3) is 0.455. The second-order valence-electron chi connectivity index (χ2n) is 8.51. The van der Waals surface area contributed by atoms with Crippen molar-refractivity contribution in [2.75, 3.05) is 17.8 Å². The zero-order valence-corrected chi connectivity index (χ0v) is 17.8. The standard InChI is InChI=1S/C22H27ClN4O3/c1-13-8-17(21(30)20(13)29)25-18-6-7-24-19-10-16(26-27(18)19)14-4-3-5-15(9-14)22(2,11-23)12-28/h3-7,9-10,13,17,20-21,25,28-30H,8,11-12H2,1-2H3/t13-,17-,20-,21+,22?/m1/s1. The molecule has 0 amide bonds. The van der Waals surface area contributed by atoms with Crippen LogP contribution in [-0.4, -0.2) is 60.7 Å². The number of alkyl halides is 1. The van der Waals surface area contributed by atoms with E-state index in [4.69, 9.17) is 16.7 Å². The van der Waals surface area contributed by atoms with E-state index in [1.807, 2.05) is 44.2 Å². The van der Waals surface area contributed by atoms with E-state index in [1.54, 1.807) is 16.8 Å². The maximum absolute atomic E-state index is 10.3. The highest BCUT2D eigenvalue weighted by molar-refractivity contribution is 6.18. The van der Waals surface area contributed by atoms with Crippen LogP contribution < -0.4 is 5.32 Å². The fourth-order valence-electron chi connectivity index (χ4n) is 4.00. The van der Waals surface area contributed by atoms with Gasteiger partial charge in [-0.15, -0.1) is 11.6 Å². The molecule has 1 unspecified atom stereocenters. The molecule has 1 aliphatic rings. The third-order valence-corrected chi connectivity index (χ3v) is 6.75. The number of nitrogens with one attached hydrogen (secondary N) is 1. The van der Waals surface area contributed by atoms with Gasteiger partial charge >= 0.3 is 0 Å². The molecular weight excluding hydrogens is 404 g/mol. The van der Waals surface area contributed by atoms with Gasteiger partial charge in [-0.2, -0.15) is 9.61 Å². The van der Waals surface area contributed by atoms with Crippen LogP contribution in [0, 0.1) is 5.92 Å². The summed E-state index contributed by atoms with van der Waals surface area (Å²) in [5.74, 6) is 1.03. The zero-order valence-electron chi connectivity index (χ0n) is 17.0. The van der Waals surface area contributed by atoms with Gasteiger partial charge in [0.05, 0.1) is 24.4 Å². The third kappa shape index (κ3) is 3.67. The van der Waals surface area contributed by atoms with Crippen LogP contribution in [-0.2, 0) is 5.41 Å². The summed E-state index contributed by atoms with van der Waals surface area (Å²) in [6.07, 6.45) is 0.789. The number of benzene rings is 1. The average Bonchev–Trinajstić information content (AvgIpc) is 3.31. The molecule has 1 aliphatic carbocycles. The molecule has 4 rings (SSSR count). The van der Waals surface area contributed by atoms with Crippen molar-refractivity contribution < 1.29 is 15.3 Å². The Morgan fingerprint density at radius 1 is 1.23 bits per heavy atom. The number of anilines is 1. The molecule has 1 saturated carbocycles. The summed E-state index contributed by atoms with van der Waals surface area (Å²) in [5, 5.41) is 38.2. The van der Waals surface area contributed by atoms with E-state index < -0.39 is 17.6 Å². The molecule has 2 aromatic heterocycles. The van der Waals surface area contributed by atoms with Gasteiger partial charge in [0.1, 0.15) is 11.9 Å². The first-order valence-corrected chi connectivity index (χ1v) is 10.6. The smallest absolute Gasteiger partial charge is 0.157 e. The van der Waals surface area contributed by atoms with Gasteiger partial charge in [-0.25, -0.2) is 4.98 Å². The van der Waals surface area contributed by atoms with E-state index in [9.17, 15) is 15.3 Å². The van der Waals surface area contributed by atoms with Crippen LogP contribution in [0.5, 0.6) is 0 Å². The first-order chi connectivity index (χ1) is 14.4. The lowest BCUT2D eigenvalue weighted by Crippen LogP contribution is -2.35. The summed E-state index contributed by atoms with van der Waals surface area (Å²) in [6, 6.07) is 11.3. The first-order valence-electron chi connectivity index (χ1n) is 10.1. The molecule has 0 radical (unpaired) electrons. The van der Waals surface area contributed by atoms with Crippen molar-refractivity contribution in [3.8, 4) is 11.3 Å². The van der Waals surface area contributed by atoms with E-state index in [0.717, 1.165) is 16.8 Å². The number of rotatable bonds is 6. The van der Waals surface area contributed by atoms with Crippen molar-refractivity contribution >= 4 is 23.1 Å². The lowest BCUT2D eigenvalue weighted by atomic mass is 9.84. The van der Waals surface area contributed by atoms with Crippen LogP contribution in [0.1, 0.15) is 25.8 Å². The van der Waals surface area contributed by atoms with Crippen molar-refractivity contribution in [2.24, 2.45) is 5.92 Å². The molecule has 4 N–H and O–H groups in total. The molecule has 30 heavy (non-hydrogen) atoms. The van der Waals surface area contributed by atoms with Crippen molar-refractivity contribution in [1.29, 1.82) is 0 Å². The number of fused-ring (bicyclic) bond motifs is 1. The monoisotopic (exact) mass is 430 g/mol. The Bertz CT molecular complexity index is 1040. The zero-order chi connectivity index (χ0) is 21.5. The van der Waals surface area contributed by atoms with E-state index in [1.165, 1.54) is 0 Å². The second kappa shape index (κ2) is 8.15. The molecule has 3 aromatic rings. The van der Waals surface area contributed by atoms with Crippen LogP contribution in [0.3, 0.4) is 0 Å². The summed E-state index contributed by atoms with van der Waals surface area (Å²) in [6.45, 7) is 3.81. The van der Waals surface area contributed by atoms with Crippen molar-refractivity contribution in [3.05, 3.63) is 48.2 Å². The Morgan fingerprint density at radius 2 is 2.03 bits per heavy atom. The summed E-state index contributed by atoms with van der Waals surface area (Å²) < 4.78 is 1.71. The van der Waals surface area contributed by atoms with Crippen molar-refractivity contribution in [2.45, 2.75) is 43.9 Å². The normalized spacial score (nSPS) is 26.1. The molecule has 1 aromatic carbocycles. The maximum Gasteiger partial charge on any atom is 0.157 e. The van der Waals surface area contributed by atoms with E-state index >= 15 is 0 Å². The summed E-state index contributed by atoms with van der Waals surface area (Å²) >= 11 is 6.10. The molecule has 0 spiro atoms. The molecule has 1 fully saturated rings. The van der Waals surface area contributed by atoms with Crippen LogP contribution in [0.25, 0.3) is 16.9 Å². The van der Waals surface area contributed by atoms with Crippen LogP contribution in [0.4, 0.5) is 5.82 Å². The molecule has 160 valence electrons. The molecule has 2 heterocycles. The minimum Gasteiger partial charge on any atom is -0.395 e. The third-order valence-electron chi connectivity index (χ3n) is 6.16. The quantitative estimate of drug-likeness (QED) is 0.448. The van der Waals surface area contributed by atoms with Gasteiger partial charge in [-0.1, -0.05) is 32.0 Å². The van der Waals surface area contributed by atoms with Gasteiger partial charge in [0.15, 0.2) is 5.65 Å². The van der Waals surface area contributed by atoms with Gasteiger partial charge in [0.25, 0.3) is 0 Å². The van der Waals surface area contributed by atoms with E-state index in [2.05, 4.69) is 10.3 Å². The van der Waals surface area contributed by atoms with Gasteiger partial charge < -0.3 is 20.6 Å². The highest BCUT2D eigenvalue weighted by Gasteiger charge is 2.39. The fourth-order valence-corrected chi connectivity index (χ4v) is 4.24. The largest absolute Gasteiger partial charge is 0.395 e. The van der Waals surface area contributed by atoms with Crippen LogP contribution in [0.2, 0.25) is 0 Å². The molecular formula is C22H27ClN4O3. The molecule has 5 atom stereocenters. The Balaban J connectivity index is 1.68. The minimum absolute atomic E-state index is 0.0218. The summed E-state index contributed by atoms with van der Waals surface area (Å²) in [7, 11) is 0. The van der Waals surface area contributed by atoms with Crippen LogP contribution >= 0.6 is 11.6 Å². The number of nitrogens with zero attached hydrogens (tertiary/aromatic N) is 3. The molecule has 7 nitrogen and oxygen atoms in total. The molecule has 0 bridgehead atoms. The SMILES string of the molecule is C[C@@H]1C[C@@H](Nc2ccnc3cc(-c4cccc(C(C)(CO)CCl)c4)nn23)[C@H](O)[C@@H]1O. The number of halogens is 1. The Hall–Kier alpha value is -2.19. The Morgan fingerprint density at radius 3 is 2.70 bits per heavy atom. The molecule has 0 saturated heterocycles. The van der Waals surface area contributed by atoms with Gasteiger partial charge in [-0.3, -0.25) is 0 Å². The first kappa shape index (κ1) is 21.1. The summed E-state index contributed by atoms with van der Waals surface area (Å²) in [4.78, 5) is 4.40. The number of aromatic nitrogens is 3. The predicted molar refractivity (Wildman–Crippen MR) is 117 cm³/mol. The predicted octanol–water partition coefficient (Wildman–Crippen LogP) is 2.43. The summed E-state index contributed by atoms with van der Waals surface area (Å²) in [5.41, 5.74) is 2.73. The highest BCUT2D eigenvalue weighted by Crippen LogP contribution is 2.31. The Kier molecular flexibility index (Phi) is 5.72. The van der Waals surface area contributed by atoms with Crippen molar-refractivity contribution in [3.63, 3.8) is 0 Å². The van der Waals surface area contributed by atoms with Gasteiger partial charge in [-0.05, 0) is 30.0 Å². The number of hydrogen-bond donors (Lipinski definition) is 4. The van der Waals surface area contributed by atoms with E-state index in [0.29, 0.717) is 23.8 Å². The molecule has 0 aliphatic heterocycles. The van der Waals surface area contributed by atoms with E-state index in [-0.39, 0.29) is 18.6 Å². The minimum atomic E-state index is -0.832. The highest BCUT2D eigenvalue weighted by atomic mass is 35.5. The average molecular weight is 431 g/mol. The lowest BCUT2D eigenvalue weighted by Gasteiger charge is -2.25. The number of aliphatic hydroxyl groups excluding tert-OH is 3. The van der Waals surface area contributed by atoms with Gasteiger partial charge in [0.2, 0.25) is 0 Å². The molecule has 8 heteroatoms. The van der Waals surface area contributed by atoms with Gasteiger partial charge in [0, 0.05) is 29.1 Å². The lowest BCUT2D eigenvalue weighted by molar-refractivity contribution is 0.0210. The second-order valence-corrected chi connectivity index (χ2v) is 8.78. The topological polar surface area (TPSA) is 103 Å². The number of aliphatic hydroxyl groups is 3. The number of hydrogen-bond acceptors (Lipinski definition) is 6. The maximum atomic E-state index is 10.3. The van der Waals surface area contributed by atoms with Crippen LogP contribution in [0.15, 0.2) is 42.6 Å². The Labute approximate surface area is 180 Å². The van der Waals surface area contributed by atoms with Crippen molar-refractivity contribution in [1.82, 2.24) is 14.6 Å².